The van der Waals surface area contributed by atoms with Gasteiger partial charge in [0.15, 0.2) is 0 Å². The fourth-order valence-electron chi connectivity index (χ4n) is 3.09. The third-order valence-electron chi connectivity index (χ3n) is 4.18. The van der Waals surface area contributed by atoms with Crippen LogP contribution in [0.5, 0.6) is 0 Å². The summed E-state index contributed by atoms with van der Waals surface area (Å²) in [5, 5.41) is 0. The zero-order valence-corrected chi connectivity index (χ0v) is 10.3. The van der Waals surface area contributed by atoms with Crippen molar-refractivity contribution in [3.8, 4) is 0 Å². The van der Waals surface area contributed by atoms with Crippen LogP contribution in [0.25, 0.3) is 0 Å². The van der Waals surface area contributed by atoms with Gasteiger partial charge in [-0.05, 0) is 0 Å². The van der Waals surface area contributed by atoms with Gasteiger partial charge in [-0.3, -0.25) is 0 Å². The maximum absolute atomic E-state index is 12.3. The Balaban J connectivity index is 1.95. The molecule has 2 fully saturated rings. The van der Waals surface area contributed by atoms with Crippen molar-refractivity contribution in [3.63, 3.8) is 0 Å². The molecule has 2 rings (SSSR count). The summed E-state index contributed by atoms with van der Waals surface area (Å²) in [5.41, 5.74) is 6.08. The van der Waals surface area contributed by atoms with Crippen molar-refractivity contribution < 1.29 is 9.50 Å². The van der Waals surface area contributed by atoms with Gasteiger partial charge >= 0.3 is 103 Å². The number of hydrogen-bond donors (Lipinski definition) is 1. The summed E-state index contributed by atoms with van der Waals surface area (Å²) < 4.78 is 10.9. The van der Waals surface area contributed by atoms with Crippen molar-refractivity contribution in [2.45, 2.75) is 56.9 Å². The Morgan fingerprint density at radius 3 is 2.53 bits per heavy atom. The van der Waals surface area contributed by atoms with Crippen LogP contribution in [-0.4, -0.2) is 36.5 Å². The first-order chi connectivity index (χ1) is 8.24. The average Bonchev–Trinajstić information content (AvgIpc) is 2.86. The average molecular weight is 236 g/mol. The number of nitrogens with two attached hydrogens (primary N) is 1. The van der Waals surface area contributed by atoms with Crippen LogP contribution in [0.15, 0.2) is 0 Å². The van der Waals surface area contributed by atoms with Gasteiger partial charge in [0, 0.05) is 0 Å². The zero-order chi connectivity index (χ0) is 12.3. The SMILES string of the molecule is N[C@H](C(=O)N1CCC[C@H]1B=O)C1CCCCC1. The summed E-state index contributed by atoms with van der Waals surface area (Å²) in [6.45, 7) is 0.697. The Morgan fingerprint density at radius 1 is 1.18 bits per heavy atom. The Morgan fingerprint density at radius 2 is 1.88 bits per heavy atom. The predicted octanol–water partition coefficient (Wildman–Crippen LogP) is 0.892. The molecule has 2 aliphatic rings. The molecule has 2 N–H and O–H groups in total. The summed E-state index contributed by atoms with van der Waals surface area (Å²) in [4.78, 5) is 13.9. The van der Waals surface area contributed by atoms with E-state index in [0.717, 1.165) is 32.8 Å². The summed E-state index contributed by atoms with van der Waals surface area (Å²) in [6, 6.07) is -0.393. The monoisotopic (exact) mass is 236 g/mol. The Hall–Kier alpha value is -0.705. The Bertz CT molecular complexity index is 292. The van der Waals surface area contributed by atoms with Crippen LogP contribution >= 0.6 is 0 Å². The molecule has 5 heteroatoms. The topological polar surface area (TPSA) is 63.4 Å². The molecule has 94 valence electrons. The van der Waals surface area contributed by atoms with Crippen LogP contribution in [0.4, 0.5) is 0 Å². The van der Waals surface area contributed by atoms with E-state index < -0.39 is 6.04 Å². The minimum atomic E-state index is -0.393. The molecule has 0 aromatic heterocycles. The van der Waals surface area contributed by atoms with Crippen LogP contribution in [0, 0.1) is 5.92 Å². The second-order valence-corrected chi connectivity index (χ2v) is 5.30. The molecule has 0 aromatic carbocycles. The van der Waals surface area contributed by atoms with Gasteiger partial charge in [-0.15, -0.1) is 0 Å². The number of likely N-dealkylation sites (tertiary alicyclic amines) is 1. The normalized spacial score (nSPS) is 27.8. The van der Waals surface area contributed by atoms with Gasteiger partial charge in [-0.25, -0.2) is 0 Å². The third-order valence-corrected chi connectivity index (χ3v) is 4.18. The molecule has 0 radical (unpaired) electrons. The van der Waals surface area contributed by atoms with Crippen LogP contribution in [-0.2, 0) is 9.50 Å². The molecule has 1 aliphatic heterocycles. The number of carbonyl (C=O) groups excluding carboxylic acids is 1. The van der Waals surface area contributed by atoms with Crippen LogP contribution in [0.1, 0.15) is 44.9 Å². The second kappa shape index (κ2) is 5.76. The van der Waals surface area contributed by atoms with Crippen molar-refractivity contribution in [2.75, 3.05) is 6.54 Å². The first-order valence-electron chi connectivity index (χ1n) is 6.75. The molecular formula is C12H21BN2O2. The zero-order valence-electron chi connectivity index (χ0n) is 10.3. The Kier molecular flexibility index (Phi) is 4.32. The fourth-order valence-corrected chi connectivity index (χ4v) is 3.09. The van der Waals surface area contributed by atoms with Crippen molar-refractivity contribution in [2.24, 2.45) is 11.7 Å². The van der Waals surface area contributed by atoms with E-state index in [-0.39, 0.29) is 11.8 Å². The van der Waals surface area contributed by atoms with Crippen molar-refractivity contribution in [1.29, 1.82) is 0 Å². The van der Waals surface area contributed by atoms with E-state index in [4.69, 9.17) is 5.73 Å². The molecule has 17 heavy (non-hydrogen) atoms. The molecule has 0 aromatic rings. The van der Waals surface area contributed by atoms with E-state index >= 15 is 0 Å². The minimum absolute atomic E-state index is 0.00787. The fraction of sp³-hybridized carbons (Fsp3) is 0.917. The van der Waals surface area contributed by atoms with Gasteiger partial charge in [0.05, 0.1) is 0 Å². The number of carbonyl (C=O) groups is 1. The van der Waals surface area contributed by atoms with E-state index in [2.05, 4.69) is 0 Å². The van der Waals surface area contributed by atoms with E-state index in [9.17, 15) is 9.50 Å². The molecule has 0 bridgehead atoms. The summed E-state index contributed by atoms with van der Waals surface area (Å²) in [5.74, 6) is 0.0905. The molecular weight excluding hydrogens is 215 g/mol. The Labute approximate surface area is 103 Å². The summed E-state index contributed by atoms with van der Waals surface area (Å²) in [7, 11) is 0.887. The molecule has 0 spiro atoms. The predicted molar refractivity (Wildman–Crippen MR) is 65.7 cm³/mol. The van der Waals surface area contributed by atoms with Crippen molar-refractivity contribution in [3.05, 3.63) is 0 Å². The molecule has 1 aliphatic carbocycles. The van der Waals surface area contributed by atoms with E-state index in [1.807, 2.05) is 0 Å². The molecule has 1 saturated carbocycles. The molecule has 1 amide bonds. The molecule has 0 unspecified atom stereocenters. The van der Waals surface area contributed by atoms with Gasteiger partial charge in [0.1, 0.15) is 0 Å². The number of hydrogen-bond acceptors (Lipinski definition) is 3. The van der Waals surface area contributed by atoms with E-state index in [1.54, 1.807) is 4.90 Å². The maximum atomic E-state index is 12.3. The van der Waals surface area contributed by atoms with Gasteiger partial charge in [0.25, 0.3) is 0 Å². The van der Waals surface area contributed by atoms with Gasteiger partial charge < -0.3 is 0 Å². The first-order valence-corrected chi connectivity index (χ1v) is 6.75. The van der Waals surface area contributed by atoms with Gasteiger partial charge in [-0.1, -0.05) is 0 Å². The molecule has 4 nitrogen and oxygen atoms in total. The standard InChI is InChI=1S/C12H21BN2O2/c14-11(9-5-2-1-3-6-9)12(16)15-8-4-7-10(15)13-17/h9-11H,1-8,14H2/t10-,11-/m0/s1. The van der Waals surface area contributed by atoms with Gasteiger partial charge in [0.2, 0.25) is 0 Å². The van der Waals surface area contributed by atoms with Crippen LogP contribution in [0.2, 0.25) is 0 Å². The van der Waals surface area contributed by atoms with E-state index in [0.29, 0.717) is 12.5 Å². The van der Waals surface area contributed by atoms with Crippen molar-refractivity contribution in [1.82, 2.24) is 4.90 Å². The number of nitrogens with zero attached hydrogens (tertiary/aromatic N) is 1. The molecule has 2 atom stereocenters. The third kappa shape index (κ3) is 2.76. The van der Waals surface area contributed by atoms with Crippen LogP contribution < -0.4 is 5.73 Å². The number of rotatable bonds is 3. The first kappa shape index (κ1) is 12.7. The van der Waals surface area contributed by atoms with E-state index in [1.165, 1.54) is 19.3 Å². The quantitative estimate of drug-likeness (QED) is 0.740. The molecule has 1 saturated heterocycles. The van der Waals surface area contributed by atoms with Crippen molar-refractivity contribution >= 4 is 13.1 Å². The molecule has 1 heterocycles. The second-order valence-electron chi connectivity index (χ2n) is 5.30. The summed E-state index contributed by atoms with van der Waals surface area (Å²) >= 11 is 0. The summed E-state index contributed by atoms with van der Waals surface area (Å²) in [6.07, 6.45) is 7.47. The van der Waals surface area contributed by atoms with Gasteiger partial charge in [-0.2, -0.15) is 0 Å². The number of amides is 1. The van der Waals surface area contributed by atoms with Crippen LogP contribution in [0.3, 0.4) is 0 Å².